The topological polar surface area (TPSA) is 81.2 Å². The van der Waals surface area contributed by atoms with Crippen LogP contribution < -0.4 is 5.32 Å². The number of nitrogens with zero attached hydrogens (tertiary/aromatic N) is 2. The summed E-state index contributed by atoms with van der Waals surface area (Å²) >= 11 is 0. The molecule has 0 saturated carbocycles. The van der Waals surface area contributed by atoms with E-state index < -0.39 is 0 Å². The van der Waals surface area contributed by atoms with E-state index in [-0.39, 0.29) is 5.91 Å². The maximum absolute atomic E-state index is 12.8. The molecule has 1 amide bonds. The summed E-state index contributed by atoms with van der Waals surface area (Å²) in [5.74, 6) is 0.299. The summed E-state index contributed by atoms with van der Waals surface area (Å²) in [7, 11) is 0. The summed E-state index contributed by atoms with van der Waals surface area (Å²) in [5, 5.41) is 7.39. The van der Waals surface area contributed by atoms with Gasteiger partial charge in [-0.05, 0) is 37.3 Å². The van der Waals surface area contributed by atoms with Gasteiger partial charge in [0.25, 0.3) is 11.6 Å². The number of carbonyl (C=O) groups is 1. The molecule has 0 spiro atoms. The van der Waals surface area contributed by atoms with Gasteiger partial charge in [-0.15, -0.1) is 0 Å². The first-order valence-corrected chi connectivity index (χ1v) is 7.39. The number of nitrogens with one attached hydrogen (secondary N) is 1. The Morgan fingerprint density at radius 2 is 1.96 bits per heavy atom. The van der Waals surface area contributed by atoms with Gasteiger partial charge in [0.15, 0.2) is 5.76 Å². The lowest BCUT2D eigenvalue weighted by Crippen LogP contribution is -2.13. The summed E-state index contributed by atoms with van der Waals surface area (Å²) in [4.78, 5) is 17.1. The average molecular weight is 319 g/mol. The van der Waals surface area contributed by atoms with E-state index in [9.17, 15) is 4.79 Å². The molecule has 0 atom stereocenters. The number of rotatable bonds is 3. The molecule has 0 aliphatic rings. The molecule has 6 nitrogen and oxygen atoms in total. The second-order valence-electron chi connectivity index (χ2n) is 5.30. The summed E-state index contributed by atoms with van der Waals surface area (Å²) in [6.45, 7) is 1.78. The molecule has 24 heavy (non-hydrogen) atoms. The van der Waals surface area contributed by atoms with Crippen molar-refractivity contribution in [3.05, 3.63) is 66.1 Å². The Balaban J connectivity index is 1.83. The highest BCUT2D eigenvalue weighted by Gasteiger charge is 2.20. The molecule has 3 aromatic heterocycles. The van der Waals surface area contributed by atoms with Crippen molar-refractivity contribution in [2.24, 2.45) is 0 Å². The third kappa shape index (κ3) is 2.44. The number of fused-ring (bicyclic) bond motifs is 1. The van der Waals surface area contributed by atoms with Gasteiger partial charge in [-0.25, -0.2) is 4.98 Å². The SMILES string of the molecule is Cc1noc2nc(-c3ccco3)cc(C(=O)Nc3ccccc3)c12. The van der Waals surface area contributed by atoms with Crippen molar-refractivity contribution >= 4 is 22.7 Å². The minimum atomic E-state index is -0.257. The van der Waals surface area contributed by atoms with Crippen LogP contribution in [0.4, 0.5) is 5.69 Å². The summed E-state index contributed by atoms with van der Waals surface area (Å²) in [6, 6.07) is 14.5. The largest absolute Gasteiger partial charge is 0.463 e. The number of anilines is 1. The van der Waals surface area contributed by atoms with Crippen molar-refractivity contribution in [3.8, 4) is 11.5 Å². The third-order valence-corrected chi connectivity index (χ3v) is 3.67. The third-order valence-electron chi connectivity index (χ3n) is 3.67. The van der Waals surface area contributed by atoms with Crippen molar-refractivity contribution in [3.63, 3.8) is 0 Å². The molecule has 1 N–H and O–H groups in total. The van der Waals surface area contributed by atoms with E-state index in [1.807, 2.05) is 30.3 Å². The number of para-hydroxylation sites is 1. The molecule has 0 radical (unpaired) electrons. The zero-order valence-electron chi connectivity index (χ0n) is 12.8. The molecular weight excluding hydrogens is 306 g/mol. The van der Waals surface area contributed by atoms with Gasteiger partial charge in [-0.3, -0.25) is 4.79 Å². The first-order valence-electron chi connectivity index (χ1n) is 7.39. The summed E-state index contributed by atoms with van der Waals surface area (Å²) in [5.41, 5.74) is 2.58. The Bertz CT molecular complexity index is 1000. The Kier molecular flexibility index (Phi) is 3.35. The first kappa shape index (κ1) is 14.2. The summed E-state index contributed by atoms with van der Waals surface area (Å²) in [6.07, 6.45) is 1.55. The van der Waals surface area contributed by atoms with Crippen molar-refractivity contribution in [2.75, 3.05) is 5.32 Å². The minimum absolute atomic E-state index is 0.257. The smallest absolute Gasteiger partial charge is 0.259 e. The maximum atomic E-state index is 12.8. The highest BCUT2D eigenvalue weighted by atomic mass is 16.5. The highest BCUT2D eigenvalue weighted by Crippen LogP contribution is 2.27. The Morgan fingerprint density at radius 1 is 1.12 bits per heavy atom. The predicted molar refractivity (Wildman–Crippen MR) is 88.6 cm³/mol. The van der Waals surface area contributed by atoms with Crippen molar-refractivity contribution in [1.29, 1.82) is 0 Å². The van der Waals surface area contributed by atoms with Crippen LogP contribution in [0.15, 0.2) is 63.7 Å². The number of pyridine rings is 1. The fraction of sp³-hybridized carbons (Fsp3) is 0.0556. The van der Waals surface area contributed by atoms with Crippen LogP contribution in [0.1, 0.15) is 16.1 Å². The fourth-order valence-corrected chi connectivity index (χ4v) is 2.54. The quantitative estimate of drug-likeness (QED) is 0.616. The minimum Gasteiger partial charge on any atom is -0.463 e. The van der Waals surface area contributed by atoms with E-state index >= 15 is 0 Å². The summed E-state index contributed by atoms with van der Waals surface area (Å²) < 4.78 is 10.6. The molecule has 3 heterocycles. The lowest BCUT2D eigenvalue weighted by Gasteiger charge is -2.07. The lowest BCUT2D eigenvalue weighted by atomic mass is 10.1. The second kappa shape index (κ2) is 5.66. The van der Waals surface area contributed by atoms with E-state index in [0.717, 1.165) is 0 Å². The van der Waals surface area contributed by atoms with Gasteiger partial charge in [-0.2, -0.15) is 0 Å². The number of aromatic nitrogens is 2. The van der Waals surface area contributed by atoms with Gasteiger partial charge in [0.05, 0.1) is 22.9 Å². The maximum Gasteiger partial charge on any atom is 0.259 e. The molecule has 0 saturated heterocycles. The van der Waals surface area contributed by atoms with Crippen LogP contribution >= 0.6 is 0 Å². The zero-order chi connectivity index (χ0) is 16.5. The number of hydrogen-bond donors (Lipinski definition) is 1. The van der Waals surface area contributed by atoms with Crippen molar-refractivity contribution in [2.45, 2.75) is 6.92 Å². The molecule has 0 unspecified atom stereocenters. The van der Waals surface area contributed by atoms with Gasteiger partial charge in [-0.1, -0.05) is 23.4 Å². The normalized spacial score (nSPS) is 10.9. The van der Waals surface area contributed by atoms with E-state index in [2.05, 4.69) is 15.5 Å². The van der Waals surface area contributed by atoms with Crippen LogP contribution in [-0.4, -0.2) is 16.0 Å². The Morgan fingerprint density at radius 3 is 2.71 bits per heavy atom. The Hall–Kier alpha value is -3.41. The molecule has 4 aromatic rings. The molecule has 0 aliphatic heterocycles. The molecule has 0 aliphatic carbocycles. The number of furan rings is 1. The monoisotopic (exact) mass is 319 g/mol. The van der Waals surface area contributed by atoms with Gasteiger partial charge in [0, 0.05) is 5.69 Å². The van der Waals surface area contributed by atoms with Gasteiger partial charge >= 0.3 is 0 Å². The van der Waals surface area contributed by atoms with E-state index in [1.165, 1.54) is 0 Å². The molecule has 118 valence electrons. The molecule has 0 bridgehead atoms. The van der Waals surface area contributed by atoms with Crippen molar-refractivity contribution in [1.82, 2.24) is 10.1 Å². The number of amides is 1. The molecule has 6 heteroatoms. The van der Waals surface area contributed by atoms with E-state index in [4.69, 9.17) is 8.94 Å². The lowest BCUT2D eigenvalue weighted by molar-refractivity contribution is 0.102. The zero-order valence-corrected chi connectivity index (χ0v) is 12.8. The van der Waals surface area contributed by atoms with Crippen molar-refractivity contribution < 1.29 is 13.7 Å². The van der Waals surface area contributed by atoms with E-state index in [1.54, 1.807) is 31.4 Å². The van der Waals surface area contributed by atoms with Gasteiger partial charge in [0.2, 0.25) is 0 Å². The average Bonchev–Trinajstić information content (AvgIpc) is 3.25. The fourth-order valence-electron chi connectivity index (χ4n) is 2.54. The molecule has 1 aromatic carbocycles. The predicted octanol–water partition coefficient (Wildman–Crippen LogP) is 4.04. The number of aryl methyl sites for hydroxylation is 1. The van der Waals surface area contributed by atoms with Gasteiger partial charge < -0.3 is 14.3 Å². The van der Waals surface area contributed by atoms with Crippen LogP contribution in [0.3, 0.4) is 0 Å². The Labute approximate surface area is 137 Å². The molecule has 4 rings (SSSR count). The van der Waals surface area contributed by atoms with Crippen LogP contribution in [0.25, 0.3) is 22.6 Å². The number of benzene rings is 1. The standard InChI is InChI=1S/C18H13N3O3/c1-11-16-13(17(22)19-12-6-3-2-4-7-12)10-14(15-8-5-9-23-15)20-18(16)24-21-11/h2-10H,1H3,(H,19,22). The first-order chi connectivity index (χ1) is 11.7. The molecular formula is C18H13N3O3. The van der Waals surface area contributed by atoms with Gasteiger partial charge in [0.1, 0.15) is 5.69 Å². The van der Waals surface area contributed by atoms with E-state index in [0.29, 0.717) is 39.5 Å². The van der Waals surface area contributed by atoms with Crippen LogP contribution in [0.5, 0.6) is 0 Å². The highest BCUT2D eigenvalue weighted by molar-refractivity contribution is 6.12. The second-order valence-corrected chi connectivity index (χ2v) is 5.30. The van der Waals surface area contributed by atoms with Crippen LogP contribution in [0, 0.1) is 6.92 Å². The molecule has 0 fully saturated rings. The number of carbonyl (C=O) groups excluding carboxylic acids is 1. The van der Waals surface area contributed by atoms with Crippen LogP contribution in [0.2, 0.25) is 0 Å². The van der Waals surface area contributed by atoms with Crippen LogP contribution in [-0.2, 0) is 0 Å². The number of hydrogen-bond acceptors (Lipinski definition) is 5.